The van der Waals surface area contributed by atoms with Crippen LogP contribution in [0, 0.1) is 5.92 Å². The van der Waals surface area contributed by atoms with Gasteiger partial charge >= 0.3 is 0 Å². The molecule has 0 radical (unpaired) electrons. The third-order valence-electron chi connectivity index (χ3n) is 3.50. The quantitative estimate of drug-likeness (QED) is 0.528. The molecule has 1 atom stereocenters. The van der Waals surface area contributed by atoms with E-state index in [9.17, 15) is 5.11 Å². The Hall–Kier alpha value is -1.75. The van der Waals surface area contributed by atoms with E-state index in [1.807, 2.05) is 31.2 Å². The lowest BCUT2D eigenvalue weighted by atomic mass is 10.1. The highest BCUT2D eigenvalue weighted by atomic mass is 16.5. The van der Waals surface area contributed by atoms with Crippen LogP contribution in [-0.2, 0) is 0 Å². The summed E-state index contributed by atoms with van der Waals surface area (Å²) in [6.07, 6.45) is 1.98. The minimum Gasteiger partial charge on any atom is -0.497 e. The molecule has 1 unspecified atom stereocenters. The Bertz CT molecular complexity index is 472. The summed E-state index contributed by atoms with van der Waals surface area (Å²) in [6, 6.07) is 7.45. The standard InChI is InChI=1S/C16H25N3O2/c1-3-17-16(18-10-12-7-8-12)19-11-15(20)13-5-4-6-14(9-13)21-2/h4-6,9,12,15,20H,3,7-8,10-11H2,1-2H3,(H2,17,18,19). The lowest BCUT2D eigenvalue weighted by Gasteiger charge is -2.13. The van der Waals surface area contributed by atoms with Gasteiger partial charge in [-0.3, -0.25) is 4.99 Å². The molecular formula is C16H25N3O2. The average molecular weight is 291 g/mol. The van der Waals surface area contributed by atoms with Gasteiger partial charge < -0.3 is 20.5 Å². The molecule has 0 amide bonds. The lowest BCUT2D eigenvalue weighted by Crippen LogP contribution is -2.38. The van der Waals surface area contributed by atoms with Gasteiger partial charge in [-0.1, -0.05) is 12.1 Å². The molecule has 1 aromatic rings. The Balaban J connectivity index is 1.91. The largest absolute Gasteiger partial charge is 0.497 e. The van der Waals surface area contributed by atoms with Crippen LogP contribution in [0.3, 0.4) is 0 Å². The number of aliphatic hydroxyl groups excluding tert-OH is 1. The van der Waals surface area contributed by atoms with Gasteiger partial charge in [-0.15, -0.1) is 0 Å². The third kappa shape index (κ3) is 5.27. The number of hydrogen-bond acceptors (Lipinski definition) is 3. The van der Waals surface area contributed by atoms with Crippen molar-refractivity contribution in [2.24, 2.45) is 10.9 Å². The highest BCUT2D eigenvalue weighted by Crippen LogP contribution is 2.27. The number of ether oxygens (including phenoxy) is 1. The zero-order chi connectivity index (χ0) is 15.1. The van der Waals surface area contributed by atoms with Crippen LogP contribution in [0.4, 0.5) is 0 Å². The predicted molar refractivity (Wildman–Crippen MR) is 84.7 cm³/mol. The molecule has 1 aliphatic carbocycles. The Kier molecular flexibility index (Phi) is 5.87. The molecule has 1 aliphatic rings. The van der Waals surface area contributed by atoms with Gasteiger partial charge in [0, 0.05) is 13.1 Å². The summed E-state index contributed by atoms with van der Waals surface area (Å²) in [4.78, 5) is 4.45. The molecule has 0 bridgehead atoms. The third-order valence-corrected chi connectivity index (χ3v) is 3.50. The van der Waals surface area contributed by atoms with Crippen molar-refractivity contribution in [1.82, 2.24) is 10.6 Å². The van der Waals surface area contributed by atoms with Crippen molar-refractivity contribution >= 4 is 5.96 Å². The maximum Gasteiger partial charge on any atom is 0.191 e. The SMILES string of the molecule is CCNC(=NCC(O)c1cccc(OC)c1)NCC1CC1. The van der Waals surface area contributed by atoms with Crippen LogP contribution in [0.15, 0.2) is 29.3 Å². The average Bonchev–Trinajstić information content (AvgIpc) is 3.34. The van der Waals surface area contributed by atoms with E-state index in [4.69, 9.17) is 4.74 Å². The van der Waals surface area contributed by atoms with Crippen LogP contribution >= 0.6 is 0 Å². The first-order valence-corrected chi connectivity index (χ1v) is 7.57. The monoisotopic (exact) mass is 291 g/mol. The van der Waals surface area contributed by atoms with E-state index < -0.39 is 6.10 Å². The topological polar surface area (TPSA) is 65.9 Å². The normalized spacial score (nSPS) is 16.4. The molecule has 1 fully saturated rings. The van der Waals surface area contributed by atoms with Crippen molar-refractivity contribution in [2.75, 3.05) is 26.7 Å². The molecule has 116 valence electrons. The van der Waals surface area contributed by atoms with Crippen LogP contribution < -0.4 is 15.4 Å². The van der Waals surface area contributed by atoms with Gasteiger partial charge in [-0.2, -0.15) is 0 Å². The summed E-state index contributed by atoms with van der Waals surface area (Å²) in [7, 11) is 1.62. The Morgan fingerprint density at radius 1 is 1.43 bits per heavy atom. The van der Waals surface area contributed by atoms with E-state index in [0.717, 1.165) is 36.3 Å². The minimum atomic E-state index is -0.628. The van der Waals surface area contributed by atoms with Crippen LogP contribution in [-0.4, -0.2) is 37.8 Å². The maximum atomic E-state index is 10.2. The van der Waals surface area contributed by atoms with Gasteiger partial charge in [0.15, 0.2) is 5.96 Å². The first-order chi connectivity index (χ1) is 10.2. The molecule has 5 nitrogen and oxygen atoms in total. The molecule has 21 heavy (non-hydrogen) atoms. The molecule has 0 aliphatic heterocycles. The second kappa shape index (κ2) is 7.88. The summed E-state index contributed by atoms with van der Waals surface area (Å²) in [5.41, 5.74) is 0.816. The fourth-order valence-electron chi connectivity index (χ4n) is 2.04. The number of methoxy groups -OCH3 is 1. The summed E-state index contributed by atoms with van der Waals surface area (Å²) >= 11 is 0. The first kappa shape index (κ1) is 15.6. The van der Waals surface area contributed by atoms with Crippen molar-refractivity contribution in [3.63, 3.8) is 0 Å². The Labute approximate surface area is 126 Å². The van der Waals surface area contributed by atoms with Gasteiger partial charge in [0.25, 0.3) is 0 Å². The van der Waals surface area contributed by atoms with E-state index in [-0.39, 0.29) is 0 Å². The molecule has 1 aromatic carbocycles. The molecule has 1 saturated carbocycles. The zero-order valence-corrected chi connectivity index (χ0v) is 12.8. The van der Waals surface area contributed by atoms with Gasteiger partial charge in [-0.05, 0) is 43.4 Å². The van der Waals surface area contributed by atoms with Gasteiger partial charge in [0.1, 0.15) is 5.75 Å². The lowest BCUT2D eigenvalue weighted by molar-refractivity contribution is 0.186. The fourth-order valence-corrected chi connectivity index (χ4v) is 2.04. The number of guanidine groups is 1. The second-order valence-electron chi connectivity index (χ2n) is 5.34. The molecule has 0 heterocycles. The summed E-state index contributed by atoms with van der Waals surface area (Å²) in [6.45, 7) is 4.13. The molecule has 2 rings (SSSR count). The van der Waals surface area contributed by atoms with E-state index >= 15 is 0 Å². The molecule has 3 N–H and O–H groups in total. The van der Waals surface area contributed by atoms with Crippen molar-refractivity contribution in [3.05, 3.63) is 29.8 Å². The molecule has 5 heteroatoms. The first-order valence-electron chi connectivity index (χ1n) is 7.57. The van der Waals surface area contributed by atoms with Crippen molar-refractivity contribution < 1.29 is 9.84 Å². The second-order valence-corrected chi connectivity index (χ2v) is 5.34. The van der Waals surface area contributed by atoms with Gasteiger partial charge in [-0.25, -0.2) is 0 Å². The molecular weight excluding hydrogens is 266 g/mol. The van der Waals surface area contributed by atoms with Crippen LogP contribution in [0.25, 0.3) is 0 Å². The summed E-state index contributed by atoms with van der Waals surface area (Å²) < 4.78 is 5.17. The highest BCUT2D eigenvalue weighted by Gasteiger charge is 2.21. The molecule has 0 aromatic heterocycles. The minimum absolute atomic E-state index is 0.327. The van der Waals surface area contributed by atoms with E-state index in [2.05, 4.69) is 15.6 Å². The van der Waals surface area contributed by atoms with Crippen molar-refractivity contribution in [1.29, 1.82) is 0 Å². The number of nitrogens with zero attached hydrogens (tertiary/aromatic N) is 1. The van der Waals surface area contributed by atoms with Crippen molar-refractivity contribution in [2.45, 2.75) is 25.9 Å². The number of aliphatic imine (C=N–C) groups is 1. The number of aliphatic hydroxyl groups is 1. The van der Waals surface area contributed by atoms with E-state index in [1.165, 1.54) is 12.8 Å². The zero-order valence-electron chi connectivity index (χ0n) is 12.8. The van der Waals surface area contributed by atoms with Crippen LogP contribution in [0.2, 0.25) is 0 Å². The van der Waals surface area contributed by atoms with E-state index in [0.29, 0.717) is 6.54 Å². The van der Waals surface area contributed by atoms with Crippen molar-refractivity contribution in [3.8, 4) is 5.75 Å². The summed E-state index contributed by atoms with van der Waals surface area (Å²) in [5.74, 6) is 2.30. The number of hydrogen-bond donors (Lipinski definition) is 3. The fraction of sp³-hybridized carbons (Fsp3) is 0.562. The predicted octanol–water partition coefficient (Wildman–Crippen LogP) is 1.69. The number of benzene rings is 1. The number of nitrogens with one attached hydrogen (secondary N) is 2. The molecule has 0 saturated heterocycles. The van der Waals surface area contributed by atoms with E-state index in [1.54, 1.807) is 7.11 Å². The summed E-state index contributed by atoms with van der Waals surface area (Å²) in [5, 5.41) is 16.7. The van der Waals surface area contributed by atoms with Gasteiger partial charge in [0.05, 0.1) is 19.8 Å². The highest BCUT2D eigenvalue weighted by molar-refractivity contribution is 5.79. The van der Waals surface area contributed by atoms with Gasteiger partial charge in [0.2, 0.25) is 0 Å². The van der Waals surface area contributed by atoms with Crippen LogP contribution in [0.5, 0.6) is 5.75 Å². The van der Waals surface area contributed by atoms with Crippen LogP contribution in [0.1, 0.15) is 31.4 Å². The number of rotatable bonds is 7. The smallest absolute Gasteiger partial charge is 0.191 e. The molecule has 0 spiro atoms. The Morgan fingerprint density at radius 2 is 2.24 bits per heavy atom. The Morgan fingerprint density at radius 3 is 2.90 bits per heavy atom. The maximum absolute atomic E-state index is 10.2.